The van der Waals surface area contributed by atoms with Crippen LogP contribution < -0.4 is 10.1 Å². The van der Waals surface area contributed by atoms with Crippen LogP contribution in [-0.2, 0) is 0 Å². The average Bonchev–Trinajstić information content (AvgIpc) is 2.90. The largest absolute Gasteiger partial charge is 0.492 e. The second-order valence-electron chi connectivity index (χ2n) is 3.57. The third-order valence-electron chi connectivity index (χ3n) is 2.25. The van der Waals surface area contributed by atoms with Gasteiger partial charge in [0, 0.05) is 0 Å². The smallest absolute Gasteiger partial charge is 0.254 e. The van der Waals surface area contributed by atoms with Gasteiger partial charge in [-0.2, -0.15) is 0 Å². The zero-order valence-corrected chi connectivity index (χ0v) is 9.56. The first-order valence-electron chi connectivity index (χ1n) is 5.44. The number of carbonyl (C=O) groups is 1. The maximum Gasteiger partial charge on any atom is 0.254 e. The van der Waals surface area contributed by atoms with Crippen molar-refractivity contribution in [2.75, 3.05) is 13.2 Å². The lowest BCUT2D eigenvalue weighted by Crippen LogP contribution is -2.27. The van der Waals surface area contributed by atoms with Crippen molar-refractivity contribution in [3.8, 4) is 5.75 Å². The molecular weight excluding hydrogens is 237 g/mol. The van der Waals surface area contributed by atoms with E-state index in [9.17, 15) is 9.18 Å². The molecule has 5 heteroatoms. The van der Waals surface area contributed by atoms with Gasteiger partial charge in [-0.3, -0.25) is 4.79 Å². The molecule has 0 saturated carbocycles. The van der Waals surface area contributed by atoms with Crippen LogP contribution in [0.4, 0.5) is 4.39 Å². The molecule has 1 aromatic heterocycles. The molecule has 0 radical (unpaired) electrons. The molecule has 0 aliphatic rings. The van der Waals surface area contributed by atoms with Crippen molar-refractivity contribution < 1.29 is 18.3 Å². The first kappa shape index (κ1) is 12.2. The van der Waals surface area contributed by atoms with Gasteiger partial charge in [-0.1, -0.05) is 0 Å². The van der Waals surface area contributed by atoms with E-state index >= 15 is 0 Å². The van der Waals surface area contributed by atoms with E-state index in [2.05, 4.69) is 5.32 Å². The number of carbonyl (C=O) groups excluding carboxylic acids is 1. The lowest BCUT2D eigenvalue weighted by Gasteiger charge is -2.06. The Kier molecular flexibility index (Phi) is 3.96. The molecule has 18 heavy (non-hydrogen) atoms. The summed E-state index contributed by atoms with van der Waals surface area (Å²) in [6, 6.07) is 7.29. The highest BCUT2D eigenvalue weighted by Crippen LogP contribution is 2.10. The number of hydrogen-bond acceptors (Lipinski definition) is 3. The Morgan fingerprint density at radius 2 is 2.06 bits per heavy atom. The molecule has 0 atom stereocenters. The van der Waals surface area contributed by atoms with Gasteiger partial charge in [0.2, 0.25) is 0 Å². The Hall–Kier alpha value is -2.30. The van der Waals surface area contributed by atoms with E-state index in [1.54, 1.807) is 6.07 Å². The van der Waals surface area contributed by atoms with Crippen molar-refractivity contribution in [1.82, 2.24) is 5.32 Å². The summed E-state index contributed by atoms with van der Waals surface area (Å²) in [5, 5.41) is 2.67. The lowest BCUT2D eigenvalue weighted by molar-refractivity contribution is 0.0946. The molecule has 1 N–H and O–H groups in total. The maximum absolute atomic E-state index is 12.6. The summed E-state index contributed by atoms with van der Waals surface area (Å²) in [6.07, 6.45) is 2.81. The minimum absolute atomic E-state index is 0.216. The molecule has 2 aromatic rings. The predicted octanol–water partition coefficient (Wildman–Crippen LogP) is 2.23. The van der Waals surface area contributed by atoms with Gasteiger partial charge in [0.25, 0.3) is 5.91 Å². The molecule has 0 saturated heterocycles. The first-order chi connectivity index (χ1) is 8.75. The predicted molar refractivity (Wildman–Crippen MR) is 62.9 cm³/mol. The van der Waals surface area contributed by atoms with E-state index in [0.717, 1.165) is 0 Å². The van der Waals surface area contributed by atoms with Crippen LogP contribution in [0.5, 0.6) is 5.75 Å². The summed E-state index contributed by atoms with van der Waals surface area (Å²) in [6.45, 7) is 0.677. The molecule has 0 fully saturated rings. The first-order valence-corrected chi connectivity index (χ1v) is 5.44. The second kappa shape index (κ2) is 5.86. The molecule has 1 amide bonds. The summed E-state index contributed by atoms with van der Waals surface area (Å²) in [5.74, 6) is 0.0380. The molecule has 4 nitrogen and oxygen atoms in total. The molecule has 94 valence electrons. The lowest BCUT2D eigenvalue weighted by atomic mass is 10.3. The fourth-order valence-corrected chi connectivity index (χ4v) is 1.36. The topological polar surface area (TPSA) is 51.5 Å². The van der Waals surface area contributed by atoms with Gasteiger partial charge in [0.15, 0.2) is 0 Å². The summed E-state index contributed by atoms with van der Waals surface area (Å²) in [5.41, 5.74) is 0.469. The molecule has 0 aliphatic heterocycles. The zero-order chi connectivity index (χ0) is 12.8. The van der Waals surface area contributed by atoms with Crippen LogP contribution in [-0.4, -0.2) is 19.1 Å². The number of rotatable bonds is 5. The Morgan fingerprint density at radius 1 is 1.28 bits per heavy atom. The van der Waals surface area contributed by atoms with E-state index in [1.165, 1.54) is 36.8 Å². The Balaban J connectivity index is 1.70. The standard InChI is InChI=1S/C13H12FNO3/c14-11-1-3-12(4-2-11)18-8-6-15-13(16)10-5-7-17-9-10/h1-5,7,9H,6,8H2,(H,15,16). The van der Waals surface area contributed by atoms with Crippen molar-refractivity contribution >= 4 is 5.91 Å². The van der Waals surface area contributed by atoms with Gasteiger partial charge >= 0.3 is 0 Å². The number of hydrogen-bond donors (Lipinski definition) is 1. The number of nitrogens with one attached hydrogen (secondary N) is 1. The number of halogens is 1. The van der Waals surface area contributed by atoms with Gasteiger partial charge in [0.1, 0.15) is 24.4 Å². The maximum atomic E-state index is 12.6. The minimum Gasteiger partial charge on any atom is -0.492 e. The van der Waals surface area contributed by atoms with Gasteiger partial charge in [-0.05, 0) is 30.3 Å². The fraction of sp³-hybridized carbons (Fsp3) is 0.154. The molecule has 2 rings (SSSR count). The van der Waals surface area contributed by atoms with Gasteiger partial charge in [0.05, 0.1) is 18.4 Å². The summed E-state index contributed by atoms with van der Waals surface area (Å²) in [7, 11) is 0. The monoisotopic (exact) mass is 249 g/mol. The van der Waals surface area contributed by atoms with E-state index in [0.29, 0.717) is 24.5 Å². The average molecular weight is 249 g/mol. The van der Waals surface area contributed by atoms with Crippen molar-refractivity contribution in [2.45, 2.75) is 0 Å². The van der Waals surface area contributed by atoms with E-state index < -0.39 is 0 Å². The Labute approximate surface area is 103 Å². The van der Waals surface area contributed by atoms with Crippen LogP contribution in [0.25, 0.3) is 0 Å². The third kappa shape index (κ3) is 3.35. The summed E-state index contributed by atoms with van der Waals surface area (Å²) >= 11 is 0. The molecule has 0 aliphatic carbocycles. The third-order valence-corrected chi connectivity index (χ3v) is 2.25. The van der Waals surface area contributed by atoms with Crippen molar-refractivity contribution in [3.63, 3.8) is 0 Å². The van der Waals surface area contributed by atoms with Gasteiger partial charge < -0.3 is 14.5 Å². The molecular formula is C13H12FNO3. The highest BCUT2D eigenvalue weighted by Gasteiger charge is 2.05. The van der Waals surface area contributed by atoms with Crippen molar-refractivity contribution in [1.29, 1.82) is 0 Å². The molecule has 0 bridgehead atoms. The normalized spacial score (nSPS) is 10.1. The molecule has 1 heterocycles. The van der Waals surface area contributed by atoms with E-state index in [4.69, 9.17) is 9.15 Å². The van der Waals surface area contributed by atoms with Gasteiger partial charge in [-0.25, -0.2) is 4.39 Å². The zero-order valence-electron chi connectivity index (χ0n) is 9.56. The SMILES string of the molecule is O=C(NCCOc1ccc(F)cc1)c1ccoc1. The highest BCUT2D eigenvalue weighted by atomic mass is 19.1. The summed E-state index contributed by atoms with van der Waals surface area (Å²) < 4.78 is 22.7. The Morgan fingerprint density at radius 3 is 2.72 bits per heavy atom. The van der Waals surface area contributed by atoms with Gasteiger partial charge in [-0.15, -0.1) is 0 Å². The van der Waals surface area contributed by atoms with E-state index in [-0.39, 0.29) is 11.7 Å². The number of benzene rings is 1. The second-order valence-corrected chi connectivity index (χ2v) is 3.57. The minimum atomic E-state index is -0.310. The molecule has 1 aromatic carbocycles. The van der Waals surface area contributed by atoms with Crippen LogP contribution in [0.15, 0.2) is 47.3 Å². The van der Waals surface area contributed by atoms with Crippen LogP contribution in [0.2, 0.25) is 0 Å². The van der Waals surface area contributed by atoms with Crippen LogP contribution in [0.3, 0.4) is 0 Å². The highest BCUT2D eigenvalue weighted by molar-refractivity contribution is 5.93. The van der Waals surface area contributed by atoms with Crippen molar-refractivity contribution in [3.05, 3.63) is 54.2 Å². The summed E-state index contributed by atoms with van der Waals surface area (Å²) in [4.78, 5) is 11.5. The van der Waals surface area contributed by atoms with Crippen molar-refractivity contribution in [2.24, 2.45) is 0 Å². The van der Waals surface area contributed by atoms with Crippen LogP contribution in [0, 0.1) is 5.82 Å². The quantitative estimate of drug-likeness (QED) is 0.827. The molecule has 0 spiro atoms. The number of furan rings is 1. The Bertz CT molecular complexity index is 493. The van der Waals surface area contributed by atoms with E-state index in [1.807, 2.05) is 0 Å². The number of amides is 1. The van der Waals surface area contributed by atoms with Crippen LogP contribution in [0.1, 0.15) is 10.4 Å². The molecule has 0 unspecified atom stereocenters. The fourth-order valence-electron chi connectivity index (χ4n) is 1.36. The van der Waals surface area contributed by atoms with Crippen LogP contribution >= 0.6 is 0 Å². The number of ether oxygens (including phenoxy) is 1.